The summed E-state index contributed by atoms with van der Waals surface area (Å²) in [5.74, 6) is 0.896. The van der Waals surface area contributed by atoms with E-state index in [1.807, 2.05) is 6.07 Å². The van der Waals surface area contributed by atoms with Crippen LogP contribution in [0.25, 0.3) is 49.9 Å². The molecule has 2 aromatic heterocycles. The number of aromatic nitrogens is 3. The van der Waals surface area contributed by atoms with Crippen LogP contribution < -0.4 is 9.80 Å². The Morgan fingerprint density at radius 1 is 0.625 bits per heavy atom. The number of rotatable bonds is 4. The molecule has 48 heavy (non-hydrogen) atoms. The Balaban J connectivity index is 0.00000336. The molecule has 0 N–H and O–H groups in total. The number of anilines is 4. The molecule has 0 atom stereocenters. The maximum atomic E-state index is 4.98. The summed E-state index contributed by atoms with van der Waals surface area (Å²) in [5.41, 5.74) is 14.4. The molecule has 238 valence electrons. The Morgan fingerprint density at radius 2 is 1.29 bits per heavy atom. The molecule has 0 fully saturated rings. The quantitative estimate of drug-likeness (QED) is 0.166. The number of para-hydroxylation sites is 5. The van der Waals surface area contributed by atoms with Gasteiger partial charge in [-0.05, 0) is 73.1 Å². The molecule has 0 amide bonds. The second kappa shape index (κ2) is 11.5. The van der Waals surface area contributed by atoms with Crippen molar-refractivity contribution in [2.24, 2.45) is 7.05 Å². The largest absolute Gasteiger partial charge is 0.493 e. The fourth-order valence-corrected chi connectivity index (χ4v) is 7.41. The van der Waals surface area contributed by atoms with Crippen LogP contribution in [-0.2, 0) is 28.1 Å². The van der Waals surface area contributed by atoms with Crippen molar-refractivity contribution >= 4 is 55.6 Å². The molecule has 1 aliphatic heterocycles. The predicted molar refractivity (Wildman–Crippen MR) is 194 cm³/mol. The Bertz CT molecular complexity index is 2500. The van der Waals surface area contributed by atoms with Crippen LogP contribution in [0, 0.1) is 39.6 Å². The third kappa shape index (κ3) is 4.60. The molecule has 0 aliphatic carbocycles. The van der Waals surface area contributed by atoms with E-state index in [1.54, 1.807) is 0 Å². The number of benzene rings is 6. The van der Waals surface area contributed by atoms with E-state index in [9.17, 15) is 0 Å². The second-order valence-electron chi connectivity index (χ2n) is 12.5. The average Bonchev–Trinajstić information content (AvgIpc) is 3.74. The first-order valence-corrected chi connectivity index (χ1v) is 16.0. The molecule has 1 aliphatic rings. The van der Waals surface area contributed by atoms with Crippen molar-refractivity contribution in [2.75, 3.05) is 9.80 Å². The van der Waals surface area contributed by atoms with E-state index in [0.29, 0.717) is 0 Å². The molecule has 0 saturated heterocycles. The van der Waals surface area contributed by atoms with Crippen molar-refractivity contribution in [1.29, 1.82) is 0 Å². The summed E-state index contributed by atoms with van der Waals surface area (Å²) in [7, 11) is 2.07. The summed E-state index contributed by atoms with van der Waals surface area (Å²) in [6.45, 7) is 8.75. The standard InChI is InChI=1S/C42H32N5.Pt/c1-27-22-28(2)41(29(3)23-27)46-26-45(38-18-9-10-19-39(38)46)31-12-11-13-32(25-31)47-36-16-7-5-14-33(36)34-21-20-30(24-40(34)47)42-43-35-15-6-8-17-37(35)44(42)4;/h5-23,26H,1-4H3;/q-3;. The minimum atomic E-state index is 0. The zero-order valence-corrected chi connectivity index (χ0v) is 29.4. The van der Waals surface area contributed by atoms with E-state index in [0.717, 1.165) is 61.6 Å². The van der Waals surface area contributed by atoms with Crippen LogP contribution in [-0.4, -0.2) is 14.1 Å². The summed E-state index contributed by atoms with van der Waals surface area (Å²) in [4.78, 5) is 9.55. The minimum absolute atomic E-state index is 0. The van der Waals surface area contributed by atoms with Gasteiger partial charge >= 0.3 is 0 Å². The Hall–Kier alpha value is -5.12. The topological polar surface area (TPSA) is 29.2 Å². The van der Waals surface area contributed by atoms with E-state index < -0.39 is 0 Å². The van der Waals surface area contributed by atoms with Crippen LogP contribution in [0.5, 0.6) is 0 Å². The van der Waals surface area contributed by atoms with E-state index in [2.05, 4.69) is 175 Å². The third-order valence-electron chi connectivity index (χ3n) is 9.38. The normalized spacial score (nSPS) is 12.7. The Labute approximate surface area is 294 Å². The predicted octanol–water partition coefficient (Wildman–Crippen LogP) is 10.3. The summed E-state index contributed by atoms with van der Waals surface area (Å²) in [6, 6.07) is 48.3. The maximum absolute atomic E-state index is 4.98. The van der Waals surface area contributed by atoms with E-state index in [-0.39, 0.29) is 21.1 Å². The zero-order chi connectivity index (χ0) is 31.8. The van der Waals surface area contributed by atoms with Gasteiger partial charge in [0, 0.05) is 50.7 Å². The van der Waals surface area contributed by atoms with Gasteiger partial charge in [0.15, 0.2) is 0 Å². The van der Waals surface area contributed by atoms with Crippen LogP contribution in [0.15, 0.2) is 115 Å². The second-order valence-corrected chi connectivity index (χ2v) is 12.5. The summed E-state index contributed by atoms with van der Waals surface area (Å²) < 4.78 is 4.44. The maximum Gasteiger partial charge on any atom is 0.0770 e. The van der Waals surface area contributed by atoms with Crippen molar-refractivity contribution in [3.8, 4) is 17.1 Å². The molecule has 0 bridgehead atoms. The molecule has 0 spiro atoms. The average molecular weight is 802 g/mol. The van der Waals surface area contributed by atoms with Crippen molar-refractivity contribution in [2.45, 2.75) is 20.8 Å². The first-order chi connectivity index (χ1) is 23.0. The van der Waals surface area contributed by atoms with Crippen LogP contribution in [0.1, 0.15) is 16.7 Å². The molecule has 3 heterocycles. The van der Waals surface area contributed by atoms with Crippen LogP contribution in [0.4, 0.5) is 22.7 Å². The first kappa shape index (κ1) is 30.2. The van der Waals surface area contributed by atoms with Crippen LogP contribution in [0.3, 0.4) is 0 Å². The molecule has 6 heteroatoms. The zero-order valence-electron chi connectivity index (χ0n) is 27.1. The number of nitrogens with zero attached hydrogens (tertiary/aromatic N) is 5. The number of imidazole rings is 1. The summed E-state index contributed by atoms with van der Waals surface area (Å²) in [6.07, 6.45) is 0. The third-order valence-corrected chi connectivity index (χ3v) is 9.38. The number of hydrogen-bond donors (Lipinski definition) is 0. The number of fused-ring (bicyclic) bond motifs is 5. The summed E-state index contributed by atoms with van der Waals surface area (Å²) in [5, 5.41) is 2.33. The molecular weight excluding hydrogens is 770 g/mol. The Kier molecular flexibility index (Phi) is 7.27. The molecule has 0 unspecified atom stereocenters. The van der Waals surface area contributed by atoms with Gasteiger partial charge in [0.1, 0.15) is 0 Å². The van der Waals surface area contributed by atoms with Gasteiger partial charge in [0.25, 0.3) is 0 Å². The van der Waals surface area contributed by atoms with Gasteiger partial charge in [-0.25, -0.2) is 0 Å². The monoisotopic (exact) mass is 801 g/mol. The van der Waals surface area contributed by atoms with Gasteiger partial charge in [0.05, 0.1) is 16.9 Å². The van der Waals surface area contributed by atoms with Gasteiger partial charge in [-0.15, -0.1) is 54.3 Å². The Morgan fingerprint density at radius 3 is 2.06 bits per heavy atom. The van der Waals surface area contributed by atoms with Crippen molar-refractivity contribution in [3.05, 3.63) is 151 Å². The molecular formula is C42H32N5Pt-3. The van der Waals surface area contributed by atoms with Crippen LogP contribution in [0.2, 0.25) is 0 Å². The first-order valence-electron chi connectivity index (χ1n) is 16.0. The number of aryl methyl sites for hydroxylation is 4. The SMILES string of the molecule is Cc1cc(C)c(N2[CH-]N(c3[c-]c(-n4c5[c-]c(-c6nc7ccccc7n6C)ccc5c5ccccc54)ccc3)c3ccccc32)c(C)c1.[Pt]. The smallest absolute Gasteiger partial charge is 0.0770 e. The molecule has 5 nitrogen and oxygen atoms in total. The molecule has 0 saturated carbocycles. The molecule has 6 aromatic carbocycles. The van der Waals surface area contributed by atoms with Gasteiger partial charge in [-0.1, -0.05) is 71.2 Å². The molecule has 8 aromatic rings. The fraction of sp³-hybridized carbons (Fsp3) is 0.0952. The van der Waals surface area contributed by atoms with Crippen molar-refractivity contribution in [1.82, 2.24) is 14.1 Å². The van der Waals surface area contributed by atoms with Gasteiger partial charge in [-0.3, -0.25) is 4.98 Å². The number of hydrogen-bond acceptors (Lipinski definition) is 3. The fourth-order valence-electron chi connectivity index (χ4n) is 7.41. The van der Waals surface area contributed by atoms with Gasteiger partial charge in [0.2, 0.25) is 0 Å². The van der Waals surface area contributed by atoms with E-state index in [1.165, 1.54) is 27.8 Å². The van der Waals surface area contributed by atoms with Crippen molar-refractivity contribution < 1.29 is 21.1 Å². The molecule has 9 rings (SSSR count). The minimum Gasteiger partial charge on any atom is -0.493 e. The van der Waals surface area contributed by atoms with Gasteiger partial charge in [-0.2, -0.15) is 6.07 Å². The van der Waals surface area contributed by atoms with E-state index in [4.69, 9.17) is 4.98 Å². The van der Waals surface area contributed by atoms with Crippen molar-refractivity contribution in [3.63, 3.8) is 0 Å². The van der Waals surface area contributed by atoms with Gasteiger partial charge < -0.3 is 18.9 Å². The summed E-state index contributed by atoms with van der Waals surface area (Å²) >= 11 is 0. The molecule has 0 radical (unpaired) electrons. The van der Waals surface area contributed by atoms with Crippen LogP contribution >= 0.6 is 0 Å². The van der Waals surface area contributed by atoms with E-state index >= 15 is 0 Å².